The molecule has 0 fully saturated rings. The van der Waals surface area contributed by atoms with Crippen molar-refractivity contribution in [3.63, 3.8) is 0 Å². The molecular weight excluding hydrogens is 278 g/mol. The summed E-state index contributed by atoms with van der Waals surface area (Å²) in [4.78, 5) is 1.13. The number of fused-ring (bicyclic) bond motifs is 1. The van der Waals surface area contributed by atoms with E-state index >= 15 is 0 Å². The fourth-order valence-electron chi connectivity index (χ4n) is 2.27. The number of phenolic OH excluding ortho intramolecular Hbond substituents is 1. The molecule has 0 spiro atoms. The molecule has 0 aliphatic rings. The van der Waals surface area contributed by atoms with Gasteiger partial charge in [0.2, 0.25) is 0 Å². The zero-order valence-corrected chi connectivity index (χ0v) is 12.1. The van der Waals surface area contributed by atoms with E-state index in [1.807, 2.05) is 54.6 Å². The maximum absolute atomic E-state index is 9.90. The van der Waals surface area contributed by atoms with Crippen molar-refractivity contribution in [2.45, 2.75) is 10.6 Å². The molecule has 3 rings (SSSR count). The number of benzene rings is 3. The smallest absolute Gasteiger partial charge is 0.123 e. The number of rotatable bonds is 3. The number of nitrogens with zero attached hydrogens (tertiary/aromatic N) is 1. The third-order valence-corrected chi connectivity index (χ3v) is 4.46. The first-order valence-electron chi connectivity index (χ1n) is 6.60. The summed E-state index contributed by atoms with van der Waals surface area (Å²) in [5, 5.41) is 20.8. The standard InChI is InChI=1S/C18H13NOS/c19-11-13-4-3-5-14(10-13)12-21-18-9-8-17(20)15-6-1-2-7-16(15)18/h1-10,20H,12H2. The van der Waals surface area contributed by atoms with Crippen LogP contribution in [0.3, 0.4) is 0 Å². The molecule has 3 aromatic rings. The van der Waals surface area contributed by atoms with Crippen LogP contribution in [0.1, 0.15) is 11.1 Å². The molecule has 0 aliphatic heterocycles. The van der Waals surface area contributed by atoms with Crippen molar-refractivity contribution >= 4 is 22.5 Å². The van der Waals surface area contributed by atoms with Gasteiger partial charge < -0.3 is 5.11 Å². The molecule has 1 N–H and O–H groups in total. The topological polar surface area (TPSA) is 44.0 Å². The third kappa shape index (κ3) is 2.86. The summed E-state index contributed by atoms with van der Waals surface area (Å²) in [7, 11) is 0. The molecule has 0 saturated carbocycles. The first-order chi connectivity index (χ1) is 10.3. The van der Waals surface area contributed by atoms with Gasteiger partial charge in [0.05, 0.1) is 11.6 Å². The summed E-state index contributed by atoms with van der Waals surface area (Å²) in [6, 6.07) is 21.3. The predicted molar refractivity (Wildman–Crippen MR) is 86.3 cm³/mol. The minimum Gasteiger partial charge on any atom is -0.507 e. The van der Waals surface area contributed by atoms with E-state index in [2.05, 4.69) is 6.07 Å². The molecule has 3 heteroatoms. The Hall–Kier alpha value is -2.44. The number of hydrogen-bond donors (Lipinski definition) is 1. The van der Waals surface area contributed by atoms with E-state index in [0.29, 0.717) is 11.3 Å². The van der Waals surface area contributed by atoms with Crippen LogP contribution in [0.15, 0.2) is 65.6 Å². The van der Waals surface area contributed by atoms with E-state index in [1.54, 1.807) is 17.8 Å². The molecule has 2 nitrogen and oxygen atoms in total. The fraction of sp³-hybridized carbons (Fsp3) is 0.0556. The maximum atomic E-state index is 9.90. The highest BCUT2D eigenvalue weighted by molar-refractivity contribution is 7.98. The highest BCUT2D eigenvalue weighted by Gasteiger charge is 2.05. The lowest BCUT2D eigenvalue weighted by atomic mass is 10.1. The van der Waals surface area contributed by atoms with Gasteiger partial charge in [0.25, 0.3) is 0 Å². The average Bonchev–Trinajstić information content (AvgIpc) is 2.55. The summed E-state index contributed by atoms with van der Waals surface area (Å²) in [6.07, 6.45) is 0. The molecule has 102 valence electrons. The van der Waals surface area contributed by atoms with Gasteiger partial charge in [-0.25, -0.2) is 0 Å². The molecule has 21 heavy (non-hydrogen) atoms. The Morgan fingerprint density at radius 2 is 1.76 bits per heavy atom. The number of aromatic hydroxyl groups is 1. The van der Waals surface area contributed by atoms with Crippen LogP contribution in [-0.2, 0) is 5.75 Å². The van der Waals surface area contributed by atoms with E-state index in [1.165, 1.54) is 0 Å². The zero-order valence-electron chi connectivity index (χ0n) is 11.3. The molecule has 0 atom stereocenters. The summed E-state index contributed by atoms with van der Waals surface area (Å²) < 4.78 is 0. The highest BCUT2D eigenvalue weighted by atomic mass is 32.2. The molecule has 0 amide bonds. The van der Waals surface area contributed by atoms with Crippen LogP contribution in [0.5, 0.6) is 5.75 Å². The fourth-order valence-corrected chi connectivity index (χ4v) is 3.27. The molecule has 0 aromatic heterocycles. The molecule has 0 radical (unpaired) electrons. The molecule has 3 aromatic carbocycles. The van der Waals surface area contributed by atoms with Crippen molar-refractivity contribution in [1.29, 1.82) is 5.26 Å². The highest BCUT2D eigenvalue weighted by Crippen LogP contribution is 2.34. The second kappa shape index (κ2) is 5.90. The largest absolute Gasteiger partial charge is 0.507 e. The van der Waals surface area contributed by atoms with Crippen LogP contribution in [-0.4, -0.2) is 5.11 Å². The first-order valence-corrected chi connectivity index (χ1v) is 7.59. The minimum absolute atomic E-state index is 0.307. The van der Waals surface area contributed by atoms with E-state index < -0.39 is 0 Å². The second-order valence-corrected chi connectivity index (χ2v) is 5.75. The molecular formula is C18H13NOS. The lowest BCUT2D eigenvalue weighted by Gasteiger charge is -2.08. The van der Waals surface area contributed by atoms with Crippen molar-refractivity contribution < 1.29 is 5.11 Å². The van der Waals surface area contributed by atoms with Crippen LogP contribution in [0, 0.1) is 11.3 Å². The summed E-state index contributed by atoms with van der Waals surface area (Å²) in [5.41, 5.74) is 1.81. The quantitative estimate of drug-likeness (QED) is 0.711. The normalized spacial score (nSPS) is 10.4. The lowest BCUT2D eigenvalue weighted by molar-refractivity contribution is 0.481. The van der Waals surface area contributed by atoms with Crippen LogP contribution in [0.2, 0.25) is 0 Å². The van der Waals surface area contributed by atoms with Crippen molar-refractivity contribution in [2.24, 2.45) is 0 Å². The van der Waals surface area contributed by atoms with Crippen molar-refractivity contribution in [3.8, 4) is 11.8 Å². The predicted octanol–water partition coefficient (Wildman–Crippen LogP) is 4.71. The van der Waals surface area contributed by atoms with Crippen LogP contribution in [0.25, 0.3) is 10.8 Å². The Kier molecular flexibility index (Phi) is 3.81. The number of hydrogen-bond acceptors (Lipinski definition) is 3. The number of thioether (sulfide) groups is 1. The Morgan fingerprint density at radius 1 is 0.952 bits per heavy atom. The van der Waals surface area contributed by atoms with Crippen molar-refractivity contribution in [2.75, 3.05) is 0 Å². The first kappa shape index (κ1) is 13.5. The summed E-state index contributed by atoms with van der Waals surface area (Å²) >= 11 is 1.71. The molecule has 0 bridgehead atoms. The van der Waals surface area contributed by atoms with Gasteiger partial charge in [-0.15, -0.1) is 11.8 Å². The van der Waals surface area contributed by atoms with Gasteiger partial charge in [-0.2, -0.15) is 5.26 Å². The van der Waals surface area contributed by atoms with Crippen LogP contribution >= 0.6 is 11.8 Å². The molecule has 0 unspecified atom stereocenters. The third-order valence-electron chi connectivity index (χ3n) is 3.31. The lowest BCUT2D eigenvalue weighted by Crippen LogP contribution is -1.84. The average molecular weight is 291 g/mol. The Morgan fingerprint density at radius 3 is 2.57 bits per heavy atom. The van der Waals surface area contributed by atoms with Gasteiger partial charge in [-0.1, -0.05) is 36.4 Å². The Balaban J connectivity index is 1.89. The van der Waals surface area contributed by atoms with Crippen molar-refractivity contribution in [3.05, 3.63) is 71.8 Å². The van der Waals surface area contributed by atoms with Crippen LogP contribution < -0.4 is 0 Å². The summed E-state index contributed by atoms with van der Waals surface area (Å²) in [6.45, 7) is 0. The molecule has 0 aliphatic carbocycles. The number of phenols is 1. The van der Waals surface area contributed by atoms with Crippen LogP contribution in [0.4, 0.5) is 0 Å². The SMILES string of the molecule is N#Cc1cccc(CSc2ccc(O)c3ccccc23)c1. The van der Waals surface area contributed by atoms with Gasteiger partial charge in [0.1, 0.15) is 5.75 Å². The van der Waals surface area contributed by atoms with Gasteiger partial charge in [0, 0.05) is 16.0 Å². The van der Waals surface area contributed by atoms with E-state index in [9.17, 15) is 5.11 Å². The van der Waals surface area contributed by atoms with E-state index in [0.717, 1.165) is 27.0 Å². The van der Waals surface area contributed by atoms with Gasteiger partial charge in [-0.05, 0) is 35.2 Å². The van der Waals surface area contributed by atoms with Gasteiger partial charge >= 0.3 is 0 Å². The monoisotopic (exact) mass is 291 g/mol. The van der Waals surface area contributed by atoms with Crippen molar-refractivity contribution in [1.82, 2.24) is 0 Å². The minimum atomic E-state index is 0.307. The Labute approximate surface area is 127 Å². The second-order valence-electron chi connectivity index (χ2n) is 4.73. The summed E-state index contributed by atoms with van der Waals surface area (Å²) in [5.74, 6) is 1.10. The zero-order chi connectivity index (χ0) is 14.7. The number of nitriles is 1. The Bertz CT molecular complexity index is 836. The van der Waals surface area contributed by atoms with E-state index in [-0.39, 0.29) is 0 Å². The van der Waals surface area contributed by atoms with Gasteiger partial charge in [-0.3, -0.25) is 0 Å². The van der Waals surface area contributed by atoms with E-state index in [4.69, 9.17) is 5.26 Å². The van der Waals surface area contributed by atoms with Gasteiger partial charge in [0.15, 0.2) is 0 Å². The molecule has 0 heterocycles. The molecule has 0 saturated heterocycles. The maximum Gasteiger partial charge on any atom is 0.123 e.